The second-order valence-electron chi connectivity index (χ2n) is 3.98. The average molecular weight is 277 g/mol. The molecule has 1 amide bonds. The van der Waals surface area contributed by atoms with Crippen LogP contribution in [0.2, 0.25) is 0 Å². The van der Waals surface area contributed by atoms with Crippen molar-refractivity contribution in [2.24, 2.45) is 0 Å². The van der Waals surface area contributed by atoms with Crippen LogP contribution >= 0.6 is 0 Å². The van der Waals surface area contributed by atoms with Gasteiger partial charge in [0.1, 0.15) is 12.4 Å². The molecule has 0 atom stereocenters. The molecule has 0 aliphatic rings. The normalized spacial score (nSPS) is 11.5. The molecule has 1 aromatic rings. The molecule has 0 spiro atoms. The Balaban J connectivity index is 2.50. The van der Waals surface area contributed by atoms with Gasteiger partial charge in [0.2, 0.25) is 5.91 Å². The number of benzene rings is 1. The Hall–Kier alpha value is -1.76. The summed E-state index contributed by atoms with van der Waals surface area (Å²) in [5, 5.41) is 2.49. The number of anilines is 1. The zero-order chi connectivity index (χ0) is 14.5. The molecule has 0 saturated carbocycles. The first-order valence-corrected chi connectivity index (χ1v) is 5.53. The van der Waals surface area contributed by atoms with Gasteiger partial charge >= 0.3 is 6.36 Å². The maximum Gasteiger partial charge on any atom is 0.573 e. The van der Waals surface area contributed by atoms with Crippen LogP contribution in [-0.4, -0.2) is 25.0 Å². The van der Waals surface area contributed by atoms with Crippen LogP contribution in [-0.2, 0) is 9.53 Å². The number of halogens is 3. The van der Waals surface area contributed by atoms with Crippen LogP contribution < -0.4 is 10.1 Å². The van der Waals surface area contributed by atoms with Crippen LogP contribution in [0.15, 0.2) is 24.3 Å². The van der Waals surface area contributed by atoms with Crippen molar-refractivity contribution in [2.45, 2.75) is 26.3 Å². The molecule has 0 saturated heterocycles. The van der Waals surface area contributed by atoms with Crippen LogP contribution in [0.25, 0.3) is 0 Å². The Labute approximate surface area is 108 Å². The Bertz CT molecular complexity index is 415. The smallest absolute Gasteiger partial charge is 0.406 e. The number of rotatable bonds is 5. The van der Waals surface area contributed by atoms with Gasteiger partial charge in [0.15, 0.2) is 0 Å². The third-order valence-corrected chi connectivity index (χ3v) is 1.92. The van der Waals surface area contributed by atoms with E-state index in [0.717, 1.165) is 12.1 Å². The highest BCUT2D eigenvalue weighted by molar-refractivity contribution is 5.91. The van der Waals surface area contributed by atoms with Crippen molar-refractivity contribution in [3.05, 3.63) is 24.3 Å². The number of nitrogens with one attached hydrogen (secondary N) is 1. The lowest BCUT2D eigenvalue weighted by molar-refractivity contribution is -0.274. The van der Waals surface area contributed by atoms with Crippen molar-refractivity contribution in [2.75, 3.05) is 11.9 Å². The highest BCUT2D eigenvalue weighted by Gasteiger charge is 2.30. The molecule has 19 heavy (non-hydrogen) atoms. The lowest BCUT2D eigenvalue weighted by Gasteiger charge is -2.10. The zero-order valence-corrected chi connectivity index (χ0v) is 10.5. The maximum atomic E-state index is 11.9. The van der Waals surface area contributed by atoms with Gasteiger partial charge in [-0.05, 0) is 38.1 Å². The van der Waals surface area contributed by atoms with Gasteiger partial charge in [-0.2, -0.15) is 0 Å². The molecule has 0 bridgehead atoms. The van der Waals surface area contributed by atoms with E-state index in [2.05, 4.69) is 10.1 Å². The lowest BCUT2D eigenvalue weighted by Crippen LogP contribution is -2.20. The first-order chi connectivity index (χ1) is 8.76. The molecule has 0 heterocycles. The second-order valence-corrected chi connectivity index (χ2v) is 3.98. The van der Waals surface area contributed by atoms with Gasteiger partial charge in [-0.1, -0.05) is 0 Å². The van der Waals surface area contributed by atoms with Crippen molar-refractivity contribution in [3.63, 3.8) is 0 Å². The molecule has 7 heteroatoms. The summed E-state index contributed by atoms with van der Waals surface area (Å²) < 4.78 is 44.5. The van der Waals surface area contributed by atoms with E-state index in [1.807, 2.05) is 0 Å². The Kier molecular flexibility index (Phi) is 5.17. The topological polar surface area (TPSA) is 47.6 Å². The van der Waals surface area contributed by atoms with E-state index in [-0.39, 0.29) is 24.4 Å². The van der Waals surface area contributed by atoms with E-state index in [4.69, 9.17) is 4.74 Å². The third-order valence-electron chi connectivity index (χ3n) is 1.92. The second kappa shape index (κ2) is 6.42. The standard InChI is InChI=1S/C12H14F3NO3/c1-8(2)18-7-11(17)16-9-3-5-10(6-4-9)19-12(13,14)15/h3-6,8H,7H2,1-2H3,(H,16,17). The lowest BCUT2D eigenvalue weighted by atomic mass is 10.3. The molecular formula is C12H14F3NO3. The van der Waals surface area contributed by atoms with Crippen LogP contribution in [0.5, 0.6) is 5.75 Å². The molecule has 1 rings (SSSR count). The fourth-order valence-electron chi connectivity index (χ4n) is 1.18. The van der Waals surface area contributed by atoms with Gasteiger partial charge < -0.3 is 14.8 Å². The molecule has 4 nitrogen and oxygen atoms in total. The number of amides is 1. The molecule has 1 N–H and O–H groups in total. The van der Waals surface area contributed by atoms with E-state index in [1.54, 1.807) is 13.8 Å². The summed E-state index contributed by atoms with van der Waals surface area (Å²) in [6, 6.07) is 4.86. The van der Waals surface area contributed by atoms with Gasteiger partial charge in [0.05, 0.1) is 6.10 Å². The van der Waals surface area contributed by atoms with Gasteiger partial charge in [-0.25, -0.2) is 0 Å². The number of carbonyl (C=O) groups is 1. The number of alkyl halides is 3. The van der Waals surface area contributed by atoms with E-state index in [1.165, 1.54) is 12.1 Å². The monoisotopic (exact) mass is 277 g/mol. The molecule has 0 unspecified atom stereocenters. The van der Waals surface area contributed by atoms with Gasteiger partial charge in [0.25, 0.3) is 0 Å². The minimum Gasteiger partial charge on any atom is -0.406 e. The van der Waals surface area contributed by atoms with E-state index in [9.17, 15) is 18.0 Å². The SMILES string of the molecule is CC(C)OCC(=O)Nc1ccc(OC(F)(F)F)cc1. The summed E-state index contributed by atoms with van der Waals surface area (Å²) in [5.74, 6) is -0.720. The van der Waals surface area contributed by atoms with Crippen molar-refractivity contribution in [1.82, 2.24) is 0 Å². The first-order valence-electron chi connectivity index (χ1n) is 5.53. The van der Waals surface area contributed by atoms with E-state index < -0.39 is 6.36 Å². The predicted octanol–water partition coefficient (Wildman–Crippen LogP) is 2.95. The van der Waals surface area contributed by atoms with Gasteiger partial charge in [0, 0.05) is 5.69 Å². The molecular weight excluding hydrogens is 263 g/mol. The molecule has 0 radical (unpaired) electrons. The molecule has 0 aliphatic heterocycles. The number of carbonyl (C=O) groups excluding carboxylic acids is 1. The predicted molar refractivity (Wildman–Crippen MR) is 62.8 cm³/mol. The minimum absolute atomic E-state index is 0.0756. The minimum atomic E-state index is -4.73. The average Bonchev–Trinajstić information content (AvgIpc) is 2.27. The van der Waals surface area contributed by atoms with Crippen LogP contribution in [0.1, 0.15) is 13.8 Å². The molecule has 106 valence electrons. The summed E-state index contributed by atoms with van der Waals surface area (Å²) in [6.07, 6.45) is -4.80. The zero-order valence-electron chi connectivity index (χ0n) is 10.5. The first kappa shape index (κ1) is 15.3. The number of ether oxygens (including phenoxy) is 2. The van der Waals surface area contributed by atoms with Crippen LogP contribution in [0.3, 0.4) is 0 Å². The highest BCUT2D eigenvalue weighted by atomic mass is 19.4. The quantitative estimate of drug-likeness (QED) is 0.900. The summed E-state index contributed by atoms with van der Waals surface area (Å²) in [6.45, 7) is 3.46. The maximum absolute atomic E-state index is 11.9. The van der Waals surface area contributed by atoms with Gasteiger partial charge in [-0.3, -0.25) is 4.79 Å². The largest absolute Gasteiger partial charge is 0.573 e. The summed E-state index contributed by atoms with van der Waals surface area (Å²) >= 11 is 0. The molecule has 0 aliphatic carbocycles. The van der Waals surface area contributed by atoms with Crippen molar-refractivity contribution < 1.29 is 27.4 Å². The molecule has 1 aromatic carbocycles. The summed E-state index contributed by atoms with van der Waals surface area (Å²) in [7, 11) is 0. The Morgan fingerprint density at radius 2 is 1.84 bits per heavy atom. The Morgan fingerprint density at radius 1 is 1.26 bits per heavy atom. The van der Waals surface area contributed by atoms with Crippen molar-refractivity contribution >= 4 is 11.6 Å². The summed E-state index contributed by atoms with van der Waals surface area (Å²) in [5.41, 5.74) is 0.367. The van der Waals surface area contributed by atoms with Gasteiger partial charge in [-0.15, -0.1) is 13.2 Å². The Morgan fingerprint density at radius 3 is 2.32 bits per heavy atom. The number of hydrogen-bond acceptors (Lipinski definition) is 3. The van der Waals surface area contributed by atoms with Crippen LogP contribution in [0, 0.1) is 0 Å². The molecule has 0 fully saturated rings. The fourth-order valence-corrected chi connectivity index (χ4v) is 1.18. The summed E-state index contributed by atoms with van der Waals surface area (Å²) in [4.78, 5) is 11.4. The highest BCUT2D eigenvalue weighted by Crippen LogP contribution is 2.23. The van der Waals surface area contributed by atoms with E-state index >= 15 is 0 Å². The van der Waals surface area contributed by atoms with Crippen molar-refractivity contribution in [1.29, 1.82) is 0 Å². The third kappa shape index (κ3) is 6.66. The van der Waals surface area contributed by atoms with Crippen LogP contribution in [0.4, 0.5) is 18.9 Å². The molecule has 0 aromatic heterocycles. The van der Waals surface area contributed by atoms with Crippen molar-refractivity contribution in [3.8, 4) is 5.75 Å². The fraction of sp³-hybridized carbons (Fsp3) is 0.417. The number of hydrogen-bond donors (Lipinski definition) is 1. The van der Waals surface area contributed by atoms with E-state index in [0.29, 0.717) is 5.69 Å².